The van der Waals surface area contributed by atoms with Crippen LogP contribution in [0.1, 0.15) is 22.5 Å². The molecule has 3 aromatic rings. The predicted molar refractivity (Wildman–Crippen MR) is 99.5 cm³/mol. The van der Waals surface area contributed by atoms with Crippen LogP contribution in [0.5, 0.6) is 5.75 Å². The third kappa shape index (κ3) is 3.10. The molecular weight excluding hydrogens is 336 g/mol. The van der Waals surface area contributed by atoms with Gasteiger partial charge in [0.2, 0.25) is 0 Å². The molecule has 1 aliphatic heterocycles. The largest absolute Gasteiger partial charge is 0.490 e. The van der Waals surface area contributed by atoms with Crippen molar-refractivity contribution >= 4 is 28.4 Å². The fourth-order valence-corrected chi connectivity index (χ4v) is 3.53. The van der Waals surface area contributed by atoms with Crippen molar-refractivity contribution < 1.29 is 9.53 Å². The first-order valence-electron chi connectivity index (χ1n) is 8.51. The lowest BCUT2D eigenvalue weighted by molar-refractivity contribution is 0.0942. The summed E-state index contributed by atoms with van der Waals surface area (Å²) in [5.41, 5.74) is 2.84. The molecule has 0 unspecified atom stereocenters. The number of aromatic nitrogens is 1. The molecular formula is C20H19ClN2O2. The maximum atomic E-state index is 12.6. The van der Waals surface area contributed by atoms with E-state index in [1.807, 2.05) is 41.0 Å². The summed E-state index contributed by atoms with van der Waals surface area (Å²) < 4.78 is 7.69. The molecule has 0 bridgehead atoms. The summed E-state index contributed by atoms with van der Waals surface area (Å²) in [5, 5.41) is 4.53. The van der Waals surface area contributed by atoms with E-state index in [0.717, 1.165) is 29.5 Å². The van der Waals surface area contributed by atoms with E-state index in [1.165, 1.54) is 5.56 Å². The van der Waals surface area contributed by atoms with E-state index in [-0.39, 0.29) is 5.91 Å². The zero-order valence-electron chi connectivity index (χ0n) is 13.8. The van der Waals surface area contributed by atoms with Crippen molar-refractivity contribution in [1.29, 1.82) is 0 Å². The van der Waals surface area contributed by atoms with Gasteiger partial charge in [-0.25, -0.2) is 0 Å². The average molecular weight is 355 g/mol. The van der Waals surface area contributed by atoms with E-state index in [0.29, 0.717) is 30.4 Å². The summed E-state index contributed by atoms with van der Waals surface area (Å²) in [6.45, 7) is 1.86. The summed E-state index contributed by atoms with van der Waals surface area (Å²) in [6, 6.07) is 15.8. The third-order valence-corrected chi connectivity index (χ3v) is 4.87. The number of nitrogens with zero attached hydrogens (tertiary/aromatic N) is 1. The zero-order chi connectivity index (χ0) is 17.2. The molecule has 1 aliphatic rings. The molecule has 2 aromatic carbocycles. The number of hydrogen-bond acceptors (Lipinski definition) is 2. The van der Waals surface area contributed by atoms with Crippen LogP contribution < -0.4 is 10.1 Å². The maximum absolute atomic E-state index is 12.6. The van der Waals surface area contributed by atoms with Crippen LogP contribution in [-0.4, -0.2) is 23.6 Å². The highest BCUT2D eigenvalue weighted by Gasteiger charge is 2.22. The number of carbonyl (C=O) groups is 1. The number of aryl methyl sites for hydroxylation is 1. The van der Waals surface area contributed by atoms with Crippen molar-refractivity contribution in [2.24, 2.45) is 0 Å². The highest BCUT2D eigenvalue weighted by molar-refractivity contribution is 6.36. The number of nitrogens with one attached hydrogen (secondary N) is 1. The molecule has 0 aliphatic carbocycles. The van der Waals surface area contributed by atoms with Crippen molar-refractivity contribution in [3.63, 3.8) is 0 Å². The molecule has 0 saturated carbocycles. The molecule has 0 spiro atoms. The average Bonchev–Trinajstić information content (AvgIpc) is 3.04. The minimum Gasteiger partial charge on any atom is -0.490 e. The second-order valence-electron chi connectivity index (χ2n) is 6.18. The van der Waals surface area contributed by atoms with Crippen LogP contribution >= 0.6 is 11.6 Å². The monoisotopic (exact) mass is 354 g/mol. The fraction of sp³-hybridized carbons (Fsp3) is 0.250. The Kier molecular flexibility index (Phi) is 4.36. The topological polar surface area (TPSA) is 43.3 Å². The molecule has 1 N–H and O–H groups in total. The molecule has 2 heterocycles. The van der Waals surface area contributed by atoms with Crippen molar-refractivity contribution in [3.05, 3.63) is 64.8 Å². The van der Waals surface area contributed by atoms with Gasteiger partial charge >= 0.3 is 0 Å². The summed E-state index contributed by atoms with van der Waals surface area (Å²) in [6.07, 6.45) is 1.86. The normalized spacial score (nSPS) is 12.8. The van der Waals surface area contributed by atoms with Gasteiger partial charge in [0.25, 0.3) is 5.91 Å². The van der Waals surface area contributed by atoms with Crippen molar-refractivity contribution in [3.8, 4) is 5.75 Å². The first-order valence-corrected chi connectivity index (χ1v) is 8.88. The summed E-state index contributed by atoms with van der Waals surface area (Å²) in [4.78, 5) is 12.6. The predicted octanol–water partition coefficient (Wildman–Crippen LogP) is 4.05. The molecule has 4 rings (SSSR count). The molecule has 0 atom stereocenters. The Hall–Kier alpha value is -2.46. The van der Waals surface area contributed by atoms with Gasteiger partial charge in [-0.2, -0.15) is 0 Å². The molecule has 1 aromatic heterocycles. The number of carbonyl (C=O) groups excluding carboxylic acids is 1. The lowest BCUT2D eigenvalue weighted by atomic mass is 10.1. The van der Waals surface area contributed by atoms with Gasteiger partial charge in [-0.3, -0.25) is 4.79 Å². The molecule has 0 fully saturated rings. The van der Waals surface area contributed by atoms with Gasteiger partial charge in [-0.15, -0.1) is 0 Å². The van der Waals surface area contributed by atoms with Gasteiger partial charge in [0.15, 0.2) is 0 Å². The van der Waals surface area contributed by atoms with Gasteiger partial charge in [-0.05, 0) is 36.6 Å². The standard InChI is InChI=1S/C20H19ClN2O2/c21-16-8-9-18-19-15(16)13-17(23(19)11-12-25-18)20(24)22-10-4-7-14-5-2-1-3-6-14/h1-3,5-6,8-9,13H,4,7,10-12H2,(H,22,24). The lowest BCUT2D eigenvalue weighted by Crippen LogP contribution is -2.28. The Labute approximate surface area is 151 Å². The number of rotatable bonds is 5. The van der Waals surface area contributed by atoms with Crippen LogP contribution in [0.15, 0.2) is 48.5 Å². The first-order chi connectivity index (χ1) is 12.2. The van der Waals surface area contributed by atoms with Gasteiger partial charge < -0.3 is 14.6 Å². The molecule has 0 radical (unpaired) electrons. The smallest absolute Gasteiger partial charge is 0.267 e. The number of hydrogen-bond donors (Lipinski definition) is 1. The molecule has 1 amide bonds. The minimum atomic E-state index is -0.0619. The van der Waals surface area contributed by atoms with Gasteiger partial charge in [0.1, 0.15) is 18.1 Å². The van der Waals surface area contributed by atoms with E-state index in [2.05, 4.69) is 17.4 Å². The third-order valence-electron chi connectivity index (χ3n) is 4.54. The van der Waals surface area contributed by atoms with Crippen LogP contribution in [-0.2, 0) is 13.0 Å². The van der Waals surface area contributed by atoms with Crippen LogP contribution in [0, 0.1) is 0 Å². The number of ether oxygens (including phenoxy) is 1. The van der Waals surface area contributed by atoms with Gasteiger partial charge in [0.05, 0.1) is 17.1 Å². The Morgan fingerprint density at radius 1 is 1.20 bits per heavy atom. The summed E-state index contributed by atoms with van der Waals surface area (Å²) in [5.74, 6) is 0.724. The molecule has 0 saturated heterocycles. The van der Waals surface area contributed by atoms with Crippen LogP contribution in [0.4, 0.5) is 0 Å². The van der Waals surface area contributed by atoms with Crippen LogP contribution in [0.3, 0.4) is 0 Å². The number of halogens is 1. The Morgan fingerprint density at radius 3 is 2.88 bits per heavy atom. The van der Waals surface area contributed by atoms with E-state index < -0.39 is 0 Å². The van der Waals surface area contributed by atoms with Crippen molar-refractivity contribution in [2.45, 2.75) is 19.4 Å². The number of amides is 1. The molecule has 25 heavy (non-hydrogen) atoms. The van der Waals surface area contributed by atoms with Crippen LogP contribution in [0.25, 0.3) is 10.9 Å². The van der Waals surface area contributed by atoms with Gasteiger partial charge in [0, 0.05) is 11.9 Å². The van der Waals surface area contributed by atoms with Crippen LogP contribution in [0.2, 0.25) is 5.02 Å². The van der Waals surface area contributed by atoms with Crippen molar-refractivity contribution in [2.75, 3.05) is 13.2 Å². The van der Waals surface area contributed by atoms with E-state index in [1.54, 1.807) is 0 Å². The van der Waals surface area contributed by atoms with E-state index in [4.69, 9.17) is 16.3 Å². The van der Waals surface area contributed by atoms with E-state index >= 15 is 0 Å². The maximum Gasteiger partial charge on any atom is 0.267 e. The first kappa shape index (κ1) is 16.0. The fourth-order valence-electron chi connectivity index (χ4n) is 3.33. The quantitative estimate of drug-likeness (QED) is 0.702. The summed E-state index contributed by atoms with van der Waals surface area (Å²) >= 11 is 6.29. The highest BCUT2D eigenvalue weighted by atomic mass is 35.5. The summed E-state index contributed by atoms with van der Waals surface area (Å²) in [7, 11) is 0. The SMILES string of the molecule is O=C(NCCCc1ccccc1)c1cc2c(Cl)ccc3c2n1CCO3. The second-order valence-corrected chi connectivity index (χ2v) is 6.59. The molecule has 4 nitrogen and oxygen atoms in total. The van der Waals surface area contributed by atoms with Gasteiger partial charge in [-0.1, -0.05) is 41.9 Å². The Morgan fingerprint density at radius 2 is 2.04 bits per heavy atom. The Bertz CT molecular complexity index is 918. The zero-order valence-corrected chi connectivity index (χ0v) is 14.6. The highest BCUT2D eigenvalue weighted by Crippen LogP contribution is 2.36. The Balaban J connectivity index is 1.47. The minimum absolute atomic E-state index is 0.0619. The lowest BCUT2D eigenvalue weighted by Gasteiger charge is -2.19. The second kappa shape index (κ2) is 6.81. The molecule has 128 valence electrons. The van der Waals surface area contributed by atoms with Crippen molar-refractivity contribution in [1.82, 2.24) is 9.88 Å². The van der Waals surface area contributed by atoms with E-state index in [9.17, 15) is 4.79 Å². The number of benzene rings is 2. The molecule has 5 heteroatoms.